The fraction of sp³-hybridized carbons (Fsp3) is 0.667. The molecule has 0 aliphatic rings. The summed E-state index contributed by atoms with van der Waals surface area (Å²) >= 11 is 4.59. The highest BCUT2D eigenvalue weighted by molar-refractivity contribution is 8.22. The van der Waals surface area contributed by atoms with Crippen molar-refractivity contribution in [2.24, 2.45) is 0 Å². The maximum atomic E-state index is 5.13. The van der Waals surface area contributed by atoms with E-state index in [2.05, 4.69) is 11.2 Å². The van der Waals surface area contributed by atoms with Crippen molar-refractivity contribution in [1.29, 1.82) is 0 Å². The van der Waals surface area contributed by atoms with E-state index < -0.39 is 0 Å². The predicted octanol–water partition coefficient (Wildman–Crippen LogP) is 0.675. The minimum atomic E-state index is -0.239. The highest BCUT2D eigenvalue weighted by atomic mass is 32.8. The van der Waals surface area contributed by atoms with E-state index >= 15 is 0 Å². The Morgan fingerprint density at radius 1 is 2.00 bits per heavy atom. The molecular weight excluding hydrogens is 100 g/mol. The third-order valence-electron chi connectivity index (χ3n) is 0.285. The molecule has 0 atom stereocenters. The van der Waals surface area contributed by atoms with Gasteiger partial charge < -0.3 is 0 Å². The van der Waals surface area contributed by atoms with Gasteiger partial charge in [-0.3, -0.25) is 0 Å². The Morgan fingerprint density at radius 2 is 2.20 bits per heavy atom. The zero-order chi connectivity index (χ0) is 4.28. The average molecular weight is 106 g/mol. The van der Waals surface area contributed by atoms with Gasteiger partial charge in [0.1, 0.15) is 0 Å². The first-order chi connectivity index (χ1) is 2.27. The van der Waals surface area contributed by atoms with Gasteiger partial charge in [-0.1, -0.05) is 6.92 Å². The molecule has 0 rings (SSSR count). The normalized spacial score (nSPS) is 7.20. The summed E-state index contributed by atoms with van der Waals surface area (Å²) in [4.78, 5) is 0. The van der Waals surface area contributed by atoms with E-state index in [1.54, 1.807) is 0 Å². The summed E-state index contributed by atoms with van der Waals surface area (Å²) < 4.78 is 0. The Morgan fingerprint density at radius 3 is 2.20 bits per heavy atom. The second kappa shape index (κ2) is 2.46. The zero-order valence-electron chi connectivity index (χ0n) is 3.10. The van der Waals surface area contributed by atoms with Gasteiger partial charge in [0.25, 0.3) is 0 Å². The number of rotatable bonds is 0. The van der Waals surface area contributed by atoms with Gasteiger partial charge in [0.15, 0.2) is 0 Å². The number of hydrogen-bond donors (Lipinski definition) is 0. The van der Waals surface area contributed by atoms with Crippen molar-refractivity contribution < 1.29 is 0 Å². The van der Waals surface area contributed by atoms with Crippen LogP contribution in [-0.2, 0) is 20.1 Å². The molecule has 0 heterocycles. The van der Waals surface area contributed by atoms with Crippen LogP contribution in [0.2, 0.25) is 0 Å². The lowest BCUT2D eigenvalue weighted by Gasteiger charge is -1.63. The molecule has 0 saturated heterocycles. The third-order valence-corrected chi connectivity index (χ3v) is 1.56. The molecule has 0 radical (unpaired) electrons. The minimum Gasteiger partial charge on any atom is -0.121 e. The fourth-order valence-corrected chi connectivity index (χ4v) is 0. The molecular formula is C3H6S2. The van der Waals surface area contributed by atoms with Crippen molar-refractivity contribution in [1.82, 2.24) is 0 Å². The van der Waals surface area contributed by atoms with Crippen LogP contribution in [0.3, 0.4) is 0 Å². The first-order valence-electron chi connectivity index (χ1n) is 1.40. The van der Waals surface area contributed by atoms with E-state index in [-0.39, 0.29) is 8.86 Å². The molecule has 0 nitrogen and oxygen atoms in total. The van der Waals surface area contributed by atoms with E-state index in [0.29, 0.717) is 0 Å². The maximum absolute atomic E-state index is 5.13. The van der Waals surface area contributed by atoms with E-state index in [4.69, 9.17) is 5.69 Å². The lowest BCUT2D eigenvalue weighted by molar-refractivity contribution is 1.54. The van der Waals surface area contributed by atoms with Gasteiger partial charge in [-0.05, 0) is 11.2 Å². The van der Waals surface area contributed by atoms with Crippen molar-refractivity contribution in [2.75, 3.05) is 5.75 Å². The summed E-state index contributed by atoms with van der Waals surface area (Å²) in [5, 5.41) is 0. The average Bonchev–Trinajstić information content (AvgIpc) is 1.38. The van der Waals surface area contributed by atoms with Crippen LogP contribution in [0.4, 0.5) is 0 Å². The van der Waals surface area contributed by atoms with Crippen LogP contribution in [0.15, 0.2) is 0 Å². The standard InChI is InChI=1S/C3H6S2/c1-3-5(2)4/h2H,3H2,1H3. The van der Waals surface area contributed by atoms with Crippen molar-refractivity contribution in [2.45, 2.75) is 6.92 Å². The van der Waals surface area contributed by atoms with Crippen molar-refractivity contribution in [3.8, 4) is 5.69 Å². The smallest absolute Gasteiger partial charge is 0.0160 e. The van der Waals surface area contributed by atoms with Crippen LogP contribution in [-0.4, -0.2) is 5.75 Å². The summed E-state index contributed by atoms with van der Waals surface area (Å²) in [5.74, 6) is 0.926. The van der Waals surface area contributed by atoms with Gasteiger partial charge in [-0.2, -0.15) is 0 Å². The van der Waals surface area contributed by atoms with Gasteiger partial charge >= 0.3 is 0 Å². The molecule has 0 aromatic rings. The van der Waals surface area contributed by atoms with E-state index in [9.17, 15) is 0 Å². The molecule has 0 aromatic carbocycles. The van der Waals surface area contributed by atoms with Crippen LogP contribution < -0.4 is 0 Å². The predicted molar refractivity (Wildman–Crippen MR) is 30.2 cm³/mol. The van der Waals surface area contributed by atoms with Gasteiger partial charge in [0, 0.05) is 5.75 Å². The molecule has 0 N–H and O–H groups in total. The molecule has 0 aromatic heterocycles. The summed E-state index contributed by atoms with van der Waals surface area (Å²) in [6, 6.07) is 0. The maximum Gasteiger partial charge on any atom is 0.0160 e. The minimum absolute atomic E-state index is 0.239. The molecule has 5 heavy (non-hydrogen) atoms. The lowest BCUT2D eigenvalue weighted by atomic mass is 11.0. The first kappa shape index (κ1) is 5.22. The Balaban J connectivity index is 3.39. The Hall–Kier alpha value is 0.220. The summed E-state index contributed by atoms with van der Waals surface area (Å²) in [6.45, 7) is 1.98. The topological polar surface area (TPSA) is 0 Å². The third kappa shape index (κ3) is 4.22. The van der Waals surface area contributed by atoms with Crippen molar-refractivity contribution in [3.63, 3.8) is 0 Å². The summed E-state index contributed by atoms with van der Waals surface area (Å²) in [7, 11) is -0.239. The summed E-state index contributed by atoms with van der Waals surface area (Å²) in [6.07, 6.45) is 0. The quantitative estimate of drug-likeness (QED) is 0.437. The Bertz CT molecular complexity index is 106. The van der Waals surface area contributed by atoms with Crippen molar-refractivity contribution >= 4 is 20.1 Å². The lowest BCUT2D eigenvalue weighted by Crippen LogP contribution is -1.64. The largest absolute Gasteiger partial charge is 0.121 e. The molecule has 30 valence electrons. The van der Waals surface area contributed by atoms with Gasteiger partial charge in [-0.25, -0.2) is 0 Å². The molecule has 0 bridgehead atoms. The van der Waals surface area contributed by atoms with Gasteiger partial charge in [-0.15, -0.1) is 14.5 Å². The van der Waals surface area contributed by atoms with Gasteiger partial charge in [0.2, 0.25) is 0 Å². The van der Waals surface area contributed by atoms with E-state index in [0.717, 1.165) is 5.75 Å². The Kier molecular flexibility index (Phi) is 2.57. The molecule has 0 fully saturated rings. The van der Waals surface area contributed by atoms with Crippen LogP contribution in [0, 0.1) is 5.69 Å². The SMILES string of the molecule is C#S(=S)CC. The highest BCUT2D eigenvalue weighted by Gasteiger charge is 1.53. The highest BCUT2D eigenvalue weighted by Crippen LogP contribution is 1.53. The monoisotopic (exact) mass is 106 g/mol. The van der Waals surface area contributed by atoms with Crippen LogP contribution in [0.1, 0.15) is 6.92 Å². The molecule has 2 heteroatoms. The second-order valence-corrected chi connectivity index (χ2v) is 3.29. The van der Waals surface area contributed by atoms with Crippen LogP contribution in [0.5, 0.6) is 0 Å². The summed E-state index contributed by atoms with van der Waals surface area (Å²) in [5.41, 5.74) is 5.13. The molecule has 0 saturated carbocycles. The molecule has 0 aliphatic heterocycles. The molecule has 0 amide bonds. The van der Waals surface area contributed by atoms with Crippen molar-refractivity contribution in [3.05, 3.63) is 0 Å². The van der Waals surface area contributed by atoms with Gasteiger partial charge in [0.05, 0.1) is 0 Å². The number of hydrogen-bond acceptors (Lipinski definition) is 1. The van der Waals surface area contributed by atoms with E-state index in [1.165, 1.54) is 0 Å². The Labute approximate surface area is 39.0 Å². The van der Waals surface area contributed by atoms with Crippen LogP contribution in [0.25, 0.3) is 0 Å². The van der Waals surface area contributed by atoms with E-state index in [1.807, 2.05) is 6.92 Å². The first-order valence-corrected chi connectivity index (χ1v) is 3.78. The molecule has 0 spiro atoms. The zero-order valence-corrected chi connectivity index (χ0v) is 4.73. The molecule has 0 aliphatic carbocycles. The fourth-order valence-electron chi connectivity index (χ4n) is 0. The molecule has 0 unspecified atom stereocenters. The van der Waals surface area contributed by atoms with Crippen LogP contribution >= 0.6 is 0 Å². The second-order valence-electron chi connectivity index (χ2n) is 0.669.